The van der Waals surface area contributed by atoms with E-state index >= 15 is 0 Å². The van der Waals surface area contributed by atoms with Crippen molar-refractivity contribution in [3.05, 3.63) is 12.2 Å². The Kier molecular flexibility index (Phi) is 3.82. The molecule has 2 heterocycles. The number of rotatable bonds is 5. The average molecular weight is 280 g/mol. The Labute approximate surface area is 115 Å². The van der Waals surface area contributed by atoms with Gasteiger partial charge >= 0.3 is 6.03 Å². The van der Waals surface area contributed by atoms with Crippen molar-refractivity contribution in [1.82, 2.24) is 20.4 Å². The van der Waals surface area contributed by atoms with Gasteiger partial charge in [-0.15, -0.1) is 0 Å². The number of hydrogen-bond donors (Lipinski definition) is 1. The zero-order valence-electron chi connectivity index (χ0n) is 11.4. The predicted molar refractivity (Wildman–Crippen MR) is 66.3 cm³/mol. The molecule has 1 aromatic heterocycles. The molecule has 0 saturated carbocycles. The highest BCUT2D eigenvalue weighted by atomic mass is 16.5. The van der Waals surface area contributed by atoms with Gasteiger partial charge in [-0.2, -0.15) is 4.98 Å². The summed E-state index contributed by atoms with van der Waals surface area (Å²) < 4.78 is 4.82. The van der Waals surface area contributed by atoms with Crippen molar-refractivity contribution in [1.29, 1.82) is 0 Å². The van der Waals surface area contributed by atoms with Gasteiger partial charge in [-0.1, -0.05) is 19.0 Å². The van der Waals surface area contributed by atoms with Crippen LogP contribution in [0.25, 0.3) is 0 Å². The summed E-state index contributed by atoms with van der Waals surface area (Å²) in [6.45, 7) is 3.61. The van der Waals surface area contributed by atoms with Crippen LogP contribution >= 0.6 is 0 Å². The maximum atomic E-state index is 12.5. The quantitative estimate of drug-likeness (QED) is 0.787. The minimum Gasteiger partial charge on any atom is -0.340 e. The Morgan fingerprint density at radius 1 is 1.30 bits per heavy atom. The third-order valence-corrected chi connectivity index (χ3v) is 3.72. The van der Waals surface area contributed by atoms with Crippen LogP contribution in [0.4, 0.5) is 4.79 Å². The maximum Gasteiger partial charge on any atom is 0.330 e. The minimum atomic E-state index is -1.16. The lowest BCUT2D eigenvalue weighted by molar-refractivity contribution is -0.152. The summed E-state index contributed by atoms with van der Waals surface area (Å²) in [6, 6.07) is -0.697. The first-order valence-corrected chi connectivity index (χ1v) is 6.48. The number of urea groups is 1. The van der Waals surface area contributed by atoms with Crippen molar-refractivity contribution in [2.45, 2.75) is 33.1 Å². The number of nitrogens with zero attached hydrogens (tertiary/aromatic N) is 3. The normalized spacial score (nSPS) is 18.3. The van der Waals surface area contributed by atoms with E-state index < -0.39 is 23.3 Å². The van der Waals surface area contributed by atoms with Crippen molar-refractivity contribution >= 4 is 17.8 Å². The van der Waals surface area contributed by atoms with Crippen LogP contribution in [0, 0.1) is 5.41 Å². The van der Waals surface area contributed by atoms with Gasteiger partial charge in [0.25, 0.3) is 0 Å². The fourth-order valence-electron chi connectivity index (χ4n) is 2.32. The summed E-state index contributed by atoms with van der Waals surface area (Å²) in [6.07, 6.45) is 2.20. The zero-order valence-corrected chi connectivity index (χ0v) is 11.4. The van der Waals surface area contributed by atoms with Crippen LogP contribution in [0.5, 0.6) is 0 Å². The third-order valence-electron chi connectivity index (χ3n) is 3.72. The molecular weight excluding hydrogens is 264 g/mol. The molecule has 0 bridgehead atoms. The Morgan fingerprint density at radius 3 is 2.55 bits per heavy atom. The lowest BCUT2D eigenvalue weighted by atomic mass is 9.78. The molecule has 1 aliphatic heterocycles. The van der Waals surface area contributed by atoms with Crippen LogP contribution in [0.2, 0.25) is 0 Å². The first kappa shape index (κ1) is 14.2. The molecule has 2 rings (SSSR count). The Bertz CT molecular complexity index is 522. The molecule has 4 amide bonds. The van der Waals surface area contributed by atoms with Crippen molar-refractivity contribution in [2.75, 3.05) is 6.54 Å². The standard InChI is InChI=1S/C12H16N4O4/c1-3-12(4-2)9(17)15-11(19)16(10(12)18)6-5-8-13-7-14-20-8/h7H,3-6H2,1-2H3,(H,15,17,19). The van der Waals surface area contributed by atoms with E-state index in [-0.39, 0.29) is 13.0 Å². The minimum absolute atomic E-state index is 0.0991. The van der Waals surface area contributed by atoms with Crippen molar-refractivity contribution in [2.24, 2.45) is 5.41 Å². The van der Waals surface area contributed by atoms with Crippen molar-refractivity contribution in [3.8, 4) is 0 Å². The molecule has 8 nitrogen and oxygen atoms in total. The van der Waals surface area contributed by atoms with E-state index in [4.69, 9.17) is 4.52 Å². The SMILES string of the molecule is CCC1(CC)C(=O)NC(=O)N(CCc2ncno2)C1=O. The van der Waals surface area contributed by atoms with E-state index in [2.05, 4.69) is 15.5 Å². The van der Waals surface area contributed by atoms with Gasteiger partial charge in [-0.3, -0.25) is 19.8 Å². The number of amides is 4. The maximum absolute atomic E-state index is 12.5. The second-order valence-electron chi connectivity index (χ2n) is 4.59. The molecule has 0 aromatic carbocycles. The molecule has 1 aromatic rings. The second kappa shape index (κ2) is 5.40. The molecule has 0 aliphatic carbocycles. The highest BCUT2D eigenvalue weighted by Crippen LogP contribution is 2.32. The van der Waals surface area contributed by atoms with E-state index in [9.17, 15) is 14.4 Å². The summed E-state index contributed by atoms with van der Waals surface area (Å²) in [5.41, 5.74) is -1.16. The van der Waals surface area contributed by atoms with Gasteiger partial charge in [0.15, 0.2) is 6.33 Å². The number of aromatic nitrogens is 2. The van der Waals surface area contributed by atoms with Crippen LogP contribution in [-0.4, -0.2) is 39.4 Å². The van der Waals surface area contributed by atoms with E-state index in [0.717, 1.165) is 4.90 Å². The van der Waals surface area contributed by atoms with E-state index in [1.54, 1.807) is 13.8 Å². The summed E-state index contributed by atoms with van der Waals surface area (Å²) in [5, 5.41) is 5.70. The first-order valence-electron chi connectivity index (χ1n) is 6.48. The number of carbonyl (C=O) groups is 3. The lowest BCUT2D eigenvalue weighted by Gasteiger charge is -2.38. The molecule has 108 valence electrons. The van der Waals surface area contributed by atoms with Crippen molar-refractivity contribution < 1.29 is 18.9 Å². The van der Waals surface area contributed by atoms with E-state index in [1.807, 2.05) is 0 Å². The van der Waals surface area contributed by atoms with Gasteiger partial charge in [0.05, 0.1) is 0 Å². The van der Waals surface area contributed by atoms with Crippen LogP contribution in [-0.2, 0) is 16.0 Å². The highest BCUT2D eigenvalue weighted by molar-refractivity contribution is 6.19. The lowest BCUT2D eigenvalue weighted by Crippen LogP contribution is -2.63. The van der Waals surface area contributed by atoms with E-state index in [1.165, 1.54) is 6.33 Å². The summed E-state index contributed by atoms with van der Waals surface area (Å²) in [5.74, 6) is -0.650. The summed E-state index contributed by atoms with van der Waals surface area (Å²) in [4.78, 5) is 41.1. The van der Waals surface area contributed by atoms with Gasteiger partial charge in [0.1, 0.15) is 5.41 Å². The Hall–Kier alpha value is -2.25. The number of carbonyl (C=O) groups excluding carboxylic acids is 3. The molecule has 1 fully saturated rings. The molecule has 0 spiro atoms. The smallest absolute Gasteiger partial charge is 0.330 e. The molecule has 0 radical (unpaired) electrons. The fraction of sp³-hybridized carbons (Fsp3) is 0.583. The molecule has 20 heavy (non-hydrogen) atoms. The molecule has 0 unspecified atom stereocenters. The van der Waals surface area contributed by atoms with E-state index in [0.29, 0.717) is 18.7 Å². The van der Waals surface area contributed by atoms with Gasteiger partial charge in [0.2, 0.25) is 17.7 Å². The molecular formula is C12H16N4O4. The number of barbiturate groups is 1. The summed E-state index contributed by atoms with van der Waals surface area (Å²) in [7, 11) is 0. The Balaban J connectivity index is 2.17. The predicted octanol–water partition coefficient (Wildman–Crippen LogP) is 0.497. The fourth-order valence-corrected chi connectivity index (χ4v) is 2.32. The van der Waals surface area contributed by atoms with Gasteiger partial charge in [-0.25, -0.2) is 4.79 Å². The molecule has 1 aliphatic rings. The zero-order chi connectivity index (χ0) is 14.8. The topological polar surface area (TPSA) is 105 Å². The molecule has 1 N–H and O–H groups in total. The highest BCUT2D eigenvalue weighted by Gasteiger charge is 2.51. The van der Waals surface area contributed by atoms with Gasteiger partial charge in [-0.05, 0) is 12.8 Å². The largest absolute Gasteiger partial charge is 0.340 e. The number of imide groups is 2. The molecule has 8 heteroatoms. The van der Waals surface area contributed by atoms with Gasteiger partial charge in [0, 0.05) is 13.0 Å². The third kappa shape index (κ3) is 2.17. The summed E-state index contributed by atoms with van der Waals surface area (Å²) >= 11 is 0. The molecule has 0 atom stereocenters. The van der Waals surface area contributed by atoms with Crippen LogP contribution in [0.3, 0.4) is 0 Å². The Morgan fingerprint density at radius 2 is 2.00 bits per heavy atom. The van der Waals surface area contributed by atoms with Crippen LogP contribution in [0.15, 0.2) is 10.9 Å². The number of nitrogens with one attached hydrogen (secondary N) is 1. The molecule has 1 saturated heterocycles. The monoisotopic (exact) mass is 280 g/mol. The second-order valence-corrected chi connectivity index (χ2v) is 4.59. The van der Waals surface area contributed by atoms with Gasteiger partial charge < -0.3 is 4.52 Å². The van der Waals surface area contributed by atoms with Crippen molar-refractivity contribution in [3.63, 3.8) is 0 Å². The number of hydrogen-bond acceptors (Lipinski definition) is 6. The van der Waals surface area contributed by atoms with Crippen LogP contribution in [0.1, 0.15) is 32.6 Å². The van der Waals surface area contributed by atoms with Crippen LogP contribution < -0.4 is 5.32 Å². The first-order chi connectivity index (χ1) is 9.55. The average Bonchev–Trinajstić information content (AvgIpc) is 2.93.